The first-order valence-corrected chi connectivity index (χ1v) is 11.9. The Balaban J connectivity index is 1.58. The molecule has 178 valence electrons. The first-order valence-electron chi connectivity index (χ1n) is 10.9. The van der Waals surface area contributed by atoms with Gasteiger partial charge in [0.25, 0.3) is 5.91 Å². The van der Waals surface area contributed by atoms with Crippen LogP contribution in [0.5, 0.6) is 0 Å². The molecular formula is C25H28N4O4S. The second kappa shape index (κ2) is 11.5. The molecule has 0 aliphatic heterocycles. The minimum atomic E-state index is -1.02. The minimum absolute atomic E-state index is 0.0651. The van der Waals surface area contributed by atoms with Gasteiger partial charge in [-0.1, -0.05) is 29.8 Å². The number of ether oxygens (including phenoxy) is 1. The number of hydrogen-bond donors (Lipinski definition) is 2. The summed E-state index contributed by atoms with van der Waals surface area (Å²) in [6.45, 7) is 7.38. The fourth-order valence-corrected chi connectivity index (χ4v) is 3.91. The van der Waals surface area contributed by atoms with Crippen LogP contribution in [0.1, 0.15) is 42.7 Å². The first kappa shape index (κ1) is 25.0. The van der Waals surface area contributed by atoms with Crippen LogP contribution < -0.4 is 10.6 Å². The summed E-state index contributed by atoms with van der Waals surface area (Å²) in [5.41, 5.74) is 2.11. The van der Waals surface area contributed by atoms with Crippen molar-refractivity contribution in [3.05, 3.63) is 71.9 Å². The molecule has 0 spiro atoms. The largest absolute Gasteiger partial charge is 0.449 e. The van der Waals surface area contributed by atoms with E-state index in [4.69, 9.17) is 4.74 Å². The van der Waals surface area contributed by atoms with E-state index in [-0.39, 0.29) is 17.7 Å². The summed E-state index contributed by atoms with van der Waals surface area (Å²) >= 11 is 1.23. The molecule has 0 aliphatic carbocycles. The van der Waals surface area contributed by atoms with Gasteiger partial charge in [0.15, 0.2) is 6.10 Å². The van der Waals surface area contributed by atoms with Gasteiger partial charge in [-0.2, -0.15) is 5.10 Å². The number of aryl methyl sites for hydroxylation is 1. The molecule has 0 unspecified atom stereocenters. The zero-order valence-corrected chi connectivity index (χ0v) is 20.4. The predicted octanol–water partition coefficient (Wildman–Crippen LogP) is 4.69. The number of amides is 2. The Morgan fingerprint density at radius 2 is 1.71 bits per heavy atom. The maximum absolute atomic E-state index is 12.8. The van der Waals surface area contributed by atoms with E-state index in [1.54, 1.807) is 41.2 Å². The van der Waals surface area contributed by atoms with E-state index in [0.29, 0.717) is 22.0 Å². The van der Waals surface area contributed by atoms with Crippen molar-refractivity contribution in [1.82, 2.24) is 9.78 Å². The maximum atomic E-state index is 12.8. The summed E-state index contributed by atoms with van der Waals surface area (Å²) < 4.78 is 7.07. The van der Waals surface area contributed by atoms with Crippen LogP contribution in [0.25, 0.3) is 0 Å². The Labute approximate surface area is 203 Å². The topological polar surface area (TPSA) is 102 Å². The lowest BCUT2D eigenvalue weighted by Crippen LogP contribution is -2.31. The molecule has 0 radical (unpaired) electrons. The Hall–Kier alpha value is -3.59. The van der Waals surface area contributed by atoms with Crippen LogP contribution in [-0.2, 0) is 14.3 Å². The van der Waals surface area contributed by atoms with E-state index < -0.39 is 18.0 Å². The summed E-state index contributed by atoms with van der Waals surface area (Å²) in [4.78, 5) is 38.3. The lowest BCUT2D eigenvalue weighted by molar-refractivity contribution is -0.123. The van der Waals surface area contributed by atoms with Gasteiger partial charge in [-0.05, 0) is 52.0 Å². The fourth-order valence-electron chi connectivity index (χ4n) is 3.07. The molecule has 1 atom stereocenters. The van der Waals surface area contributed by atoms with Crippen LogP contribution in [0.15, 0.2) is 65.7 Å². The average Bonchev–Trinajstić information content (AvgIpc) is 3.27. The molecule has 2 amide bonds. The molecule has 3 aromatic rings. The monoisotopic (exact) mass is 480 g/mol. The number of anilines is 2. The van der Waals surface area contributed by atoms with E-state index in [2.05, 4.69) is 15.7 Å². The van der Waals surface area contributed by atoms with Gasteiger partial charge < -0.3 is 15.4 Å². The van der Waals surface area contributed by atoms with Crippen LogP contribution in [0, 0.1) is 6.92 Å². The highest BCUT2D eigenvalue weighted by atomic mass is 32.2. The number of carbonyl (C=O) groups is 3. The summed E-state index contributed by atoms with van der Waals surface area (Å²) in [6.07, 6.45) is 0.570. The molecule has 3 rings (SSSR count). The Bertz CT molecular complexity index is 1160. The molecule has 2 aromatic carbocycles. The highest BCUT2D eigenvalue weighted by Gasteiger charge is 2.22. The van der Waals surface area contributed by atoms with E-state index in [1.807, 2.05) is 45.0 Å². The van der Waals surface area contributed by atoms with Gasteiger partial charge in [-0.3, -0.25) is 9.59 Å². The third kappa shape index (κ3) is 6.71. The molecule has 1 heterocycles. The van der Waals surface area contributed by atoms with Crippen LogP contribution in [0.4, 0.5) is 11.5 Å². The van der Waals surface area contributed by atoms with Crippen molar-refractivity contribution in [3.63, 3.8) is 0 Å². The number of esters is 1. The number of thioether (sulfide) groups is 1. The second-order valence-corrected chi connectivity index (χ2v) is 9.01. The molecule has 1 aromatic heterocycles. The summed E-state index contributed by atoms with van der Waals surface area (Å²) in [6, 6.07) is 16.1. The van der Waals surface area contributed by atoms with Gasteiger partial charge in [0.2, 0.25) is 5.91 Å². The number of hydrogen-bond acceptors (Lipinski definition) is 6. The zero-order valence-electron chi connectivity index (χ0n) is 19.6. The van der Waals surface area contributed by atoms with Gasteiger partial charge in [0.1, 0.15) is 5.82 Å². The SMILES string of the molecule is Cc1ccc(NC(=O)CSc2ccccc2C(=O)O[C@H](C)C(=O)Nc2ccnn2C(C)C)cc1. The minimum Gasteiger partial charge on any atom is -0.449 e. The van der Waals surface area contributed by atoms with Crippen molar-refractivity contribution >= 4 is 41.1 Å². The molecule has 0 saturated heterocycles. The molecular weight excluding hydrogens is 452 g/mol. The quantitative estimate of drug-likeness (QED) is 0.340. The Kier molecular flexibility index (Phi) is 8.48. The zero-order chi connectivity index (χ0) is 24.7. The van der Waals surface area contributed by atoms with Crippen molar-refractivity contribution in [2.75, 3.05) is 16.4 Å². The van der Waals surface area contributed by atoms with Crippen LogP contribution in [0.2, 0.25) is 0 Å². The van der Waals surface area contributed by atoms with Gasteiger partial charge in [-0.25, -0.2) is 9.48 Å². The second-order valence-electron chi connectivity index (χ2n) is 7.99. The molecule has 9 heteroatoms. The smallest absolute Gasteiger partial charge is 0.340 e. The molecule has 0 aliphatic rings. The predicted molar refractivity (Wildman–Crippen MR) is 133 cm³/mol. The number of nitrogens with zero attached hydrogens (tertiary/aromatic N) is 2. The Morgan fingerprint density at radius 1 is 1.00 bits per heavy atom. The molecule has 0 saturated carbocycles. The van der Waals surface area contributed by atoms with Crippen LogP contribution >= 0.6 is 11.8 Å². The molecule has 0 bridgehead atoms. The number of carbonyl (C=O) groups excluding carboxylic acids is 3. The van der Waals surface area contributed by atoms with Crippen molar-refractivity contribution in [2.24, 2.45) is 0 Å². The molecule has 8 nitrogen and oxygen atoms in total. The number of benzene rings is 2. The third-order valence-corrected chi connectivity index (χ3v) is 5.94. The van der Waals surface area contributed by atoms with Crippen LogP contribution in [0.3, 0.4) is 0 Å². The van der Waals surface area contributed by atoms with Crippen LogP contribution in [-0.4, -0.2) is 39.4 Å². The van der Waals surface area contributed by atoms with Crippen molar-refractivity contribution in [1.29, 1.82) is 0 Å². The fraction of sp³-hybridized carbons (Fsp3) is 0.280. The van der Waals surface area contributed by atoms with E-state index >= 15 is 0 Å². The highest BCUT2D eigenvalue weighted by Crippen LogP contribution is 2.24. The average molecular weight is 481 g/mol. The lowest BCUT2D eigenvalue weighted by Gasteiger charge is -2.16. The molecule has 34 heavy (non-hydrogen) atoms. The normalized spacial score (nSPS) is 11.7. The lowest BCUT2D eigenvalue weighted by atomic mass is 10.2. The maximum Gasteiger partial charge on any atom is 0.340 e. The van der Waals surface area contributed by atoms with Crippen molar-refractivity contribution in [2.45, 2.75) is 44.7 Å². The van der Waals surface area contributed by atoms with Gasteiger partial charge in [0, 0.05) is 22.7 Å². The van der Waals surface area contributed by atoms with Crippen molar-refractivity contribution in [3.8, 4) is 0 Å². The number of aromatic nitrogens is 2. The molecule has 0 fully saturated rings. The number of nitrogens with one attached hydrogen (secondary N) is 2. The Morgan fingerprint density at radius 3 is 2.41 bits per heavy atom. The summed E-state index contributed by atoms with van der Waals surface area (Å²) in [5.74, 6) is -0.640. The number of rotatable bonds is 9. The van der Waals surface area contributed by atoms with E-state index in [1.165, 1.54) is 18.7 Å². The van der Waals surface area contributed by atoms with Gasteiger partial charge in [0.05, 0.1) is 17.5 Å². The van der Waals surface area contributed by atoms with Gasteiger partial charge >= 0.3 is 5.97 Å². The first-order chi connectivity index (χ1) is 16.2. The highest BCUT2D eigenvalue weighted by molar-refractivity contribution is 8.00. The standard InChI is InChI=1S/C25H28N4O4S/c1-16(2)29-22(13-14-26-29)28-24(31)18(4)33-25(32)20-7-5-6-8-21(20)34-15-23(30)27-19-11-9-17(3)10-12-19/h5-14,16,18H,15H2,1-4H3,(H,27,30)(H,28,31)/t18-/m1/s1. The van der Waals surface area contributed by atoms with E-state index in [0.717, 1.165) is 5.56 Å². The van der Waals surface area contributed by atoms with Gasteiger partial charge in [-0.15, -0.1) is 11.8 Å². The summed E-state index contributed by atoms with van der Waals surface area (Å²) in [7, 11) is 0. The van der Waals surface area contributed by atoms with E-state index in [9.17, 15) is 14.4 Å². The van der Waals surface area contributed by atoms with Crippen molar-refractivity contribution < 1.29 is 19.1 Å². The molecule has 2 N–H and O–H groups in total. The third-order valence-electron chi connectivity index (χ3n) is 4.86. The summed E-state index contributed by atoms with van der Waals surface area (Å²) in [5, 5.41) is 9.74.